The zero-order chi connectivity index (χ0) is 24.1. The van der Waals surface area contributed by atoms with E-state index in [0.717, 1.165) is 4.90 Å². The van der Waals surface area contributed by atoms with Gasteiger partial charge in [-0.3, -0.25) is 9.69 Å². The van der Waals surface area contributed by atoms with Gasteiger partial charge in [0.2, 0.25) is 0 Å². The number of carbonyl (C=O) groups is 3. The highest BCUT2D eigenvalue weighted by Crippen LogP contribution is 2.42. The Morgan fingerprint density at radius 3 is 2.36 bits per heavy atom. The summed E-state index contributed by atoms with van der Waals surface area (Å²) in [5.74, 6) is -1.26. The van der Waals surface area contributed by atoms with Gasteiger partial charge in [-0.1, -0.05) is 6.07 Å². The topological polar surface area (TPSA) is 131 Å². The first kappa shape index (κ1) is 22.5. The molecule has 2 aromatic rings. The van der Waals surface area contributed by atoms with Crippen molar-refractivity contribution < 1.29 is 29.0 Å². The summed E-state index contributed by atoms with van der Waals surface area (Å²) in [6, 6.07) is 4.21. The molecule has 0 unspecified atom stereocenters. The highest BCUT2D eigenvalue weighted by molar-refractivity contribution is 6.08. The molecule has 0 spiro atoms. The van der Waals surface area contributed by atoms with Crippen molar-refractivity contribution in [3.8, 4) is 0 Å². The number of nitrogens with zero attached hydrogens (tertiary/aromatic N) is 5. The molecule has 3 N–H and O–H groups in total. The number of carbonyl (C=O) groups excluding carboxylic acids is 1. The van der Waals surface area contributed by atoms with Gasteiger partial charge in [0.25, 0.3) is 5.91 Å². The van der Waals surface area contributed by atoms with Gasteiger partial charge < -0.3 is 25.3 Å². The number of carboxylic acid groups (broad SMARTS) is 2. The van der Waals surface area contributed by atoms with Gasteiger partial charge >= 0.3 is 12.2 Å². The number of hydrogen-bond acceptors (Lipinski definition) is 6. The monoisotopic (exact) mass is 460 g/mol. The molecule has 3 heterocycles. The Kier molecular flexibility index (Phi) is 5.48. The lowest BCUT2D eigenvalue weighted by molar-refractivity contribution is 0.0955. The van der Waals surface area contributed by atoms with Gasteiger partial charge in [-0.15, -0.1) is 5.10 Å². The quantitative estimate of drug-likeness (QED) is 0.636. The smallest absolute Gasteiger partial charge is 0.432 e. The third-order valence-electron chi connectivity index (χ3n) is 6.25. The van der Waals surface area contributed by atoms with Crippen LogP contribution in [0.2, 0.25) is 0 Å². The zero-order valence-corrected chi connectivity index (χ0v) is 18.5. The number of hydrogen-bond donors (Lipinski definition) is 3. The third kappa shape index (κ3) is 3.75. The Labute approximate surface area is 189 Å². The number of fused-ring (bicyclic) bond motifs is 1. The van der Waals surface area contributed by atoms with Crippen molar-refractivity contribution in [1.82, 2.24) is 19.6 Å². The summed E-state index contributed by atoms with van der Waals surface area (Å²) >= 11 is 0. The first-order valence-electron chi connectivity index (χ1n) is 10.4. The predicted octanol–water partition coefficient (Wildman–Crippen LogP) is 2.28. The molecule has 11 nitrogen and oxygen atoms in total. The number of halogens is 1. The van der Waals surface area contributed by atoms with Crippen molar-refractivity contribution in [2.75, 3.05) is 43.4 Å². The van der Waals surface area contributed by atoms with Crippen molar-refractivity contribution in [2.45, 2.75) is 25.9 Å². The molecular weight excluding hydrogens is 435 g/mol. The third-order valence-corrected chi connectivity index (χ3v) is 6.25. The molecule has 1 aromatic heterocycles. The summed E-state index contributed by atoms with van der Waals surface area (Å²) in [7, 11) is 1.97. The van der Waals surface area contributed by atoms with E-state index < -0.39 is 29.4 Å². The minimum absolute atomic E-state index is 0.0668. The van der Waals surface area contributed by atoms with Gasteiger partial charge in [0.1, 0.15) is 5.82 Å². The van der Waals surface area contributed by atoms with Crippen molar-refractivity contribution in [2.24, 2.45) is 0 Å². The number of anilines is 2. The highest BCUT2D eigenvalue weighted by Gasteiger charge is 2.47. The van der Waals surface area contributed by atoms with E-state index in [4.69, 9.17) is 0 Å². The molecule has 12 heteroatoms. The van der Waals surface area contributed by atoms with Gasteiger partial charge in [-0.25, -0.2) is 14.0 Å². The number of nitrogens with one attached hydrogen (secondary N) is 1. The molecule has 1 saturated heterocycles. The second kappa shape index (κ2) is 8.03. The van der Waals surface area contributed by atoms with Crippen LogP contribution >= 0.6 is 0 Å². The van der Waals surface area contributed by atoms with Gasteiger partial charge in [0.15, 0.2) is 5.82 Å². The van der Waals surface area contributed by atoms with E-state index in [-0.39, 0.29) is 34.9 Å². The van der Waals surface area contributed by atoms with E-state index in [1.54, 1.807) is 18.7 Å². The molecule has 2 amide bonds. The van der Waals surface area contributed by atoms with Crippen LogP contribution in [-0.2, 0) is 12.1 Å². The van der Waals surface area contributed by atoms with Gasteiger partial charge in [0.05, 0.1) is 29.0 Å². The molecule has 4 rings (SSSR count). The standard InChI is InChI=1S/C21H25FN6O5/c1-21(2)16-13(11-27(21)19(30)31)17(24-28(16)20(32)33)23-18(29)12-5-4-6-14(22)15(12)26-9-7-25(3)8-10-26/h4-6H,7-11H2,1-3H3,(H,30,31)(H,32,33)(H,23,24,29). The van der Waals surface area contributed by atoms with E-state index in [0.29, 0.717) is 30.9 Å². The van der Waals surface area contributed by atoms with Crippen molar-refractivity contribution in [1.29, 1.82) is 0 Å². The van der Waals surface area contributed by atoms with Crippen molar-refractivity contribution in [3.05, 3.63) is 40.8 Å². The number of likely N-dealkylation sites (N-methyl/N-ethyl adjacent to an activating group) is 1. The fourth-order valence-corrected chi connectivity index (χ4v) is 4.48. The van der Waals surface area contributed by atoms with E-state index in [1.165, 1.54) is 18.2 Å². The molecule has 176 valence electrons. The minimum atomic E-state index is -1.41. The number of para-hydroxylation sites is 1. The Morgan fingerprint density at radius 1 is 1.09 bits per heavy atom. The van der Waals surface area contributed by atoms with Crippen LogP contribution in [0.1, 0.15) is 35.5 Å². The minimum Gasteiger partial charge on any atom is -0.465 e. The SMILES string of the molecule is CN1CCN(c2c(F)cccc2C(=O)Nc2nn(C(=O)O)c3c2CN(C(=O)O)C3(C)C)CC1. The summed E-state index contributed by atoms with van der Waals surface area (Å²) in [5, 5.41) is 25.8. The molecular formula is C21H25FN6O5. The van der Waals surface area contributed by atoms with Gasteiger partial charge in [-0.2, -0.15) is 4.68 Å². The van der Waals surface area contributed by atoms with Crippen LogP contribution < -0.4 is 10.2 Å². The van der Waals surface area contributed by atoms with Crippen LogP contribution in [0.25, 0.3) is 0 Å². The summed E-state index contributed by atoms with van der Waals surface area (Å²) in [5.41, 5.74) is -0.475. The molecule has 0 radical (unpaired) electrons. The molecule has 0 saturated carbocycles. The molecule has 1 fully saturated rings. The highest BCUT2D eigenvalue weighted by atomic mass is 19.1. The van der Waals surface area contributed by atoms with Crippen LogP contribution in [0.5, 0.6) is 0 Å². The van der Waals surface area contributed by atoms with Crippen LogP contribution in [0, 0.1) is 5.82 Å². The number of piperazine rings is 1. The summed E-state index contributed by atoms with van der Waals surface area (Å²) in [4.78, 5) is 41.7. The number of benzene rings is 1. The molecule has 2 aliphatic rings. The number of rotatable bonds is 3. The van der Waals surface area contributed by atoms with Gasteiger partial charge in [-0.05, 0) is 33.0 Å². The van der Waals surface area contributed by atoms with E-state index in [1.807, 2.05) is 7.05 Å². The van der Waals surface area contributed by atoms with E-state index >= 15 is 0 Å². The lowest BCUT2D eigenvalue weighted by Gasteiger charge is -2.35. The molecule has 2 aliphatic heterocycles. The first-order valence-corrected chi connectivity index (χ1v) is 10.4. The normalized spacial score (nSPS) is 17.7. The zero-order valence-electron chi connectivity index (χ0n) is 18.5. The number of aromatic nitrogens is 2. The van der Waals surface area contributed by atoms with E-state index in [9.17, 15) is 29.0 Å². The van der Waals surface area contributed by atoms with Crippen LogP contribution in [0.15, 0.2) is 18.2 Å². The molecule has 0 aliphatic carbocycles. The average molecular weight is 460 g/mol. The lowest BCUT2D eigenvalue weighted by atomic mass is 10.0. The predicted molar refractivity (Wildman–Crippen MR) is 116 cm³/mol. The van der Waals surface area contributed by atoms with Crippen molar-refractivity contribution >= 4 is 29.6 Å². The summed E-state index contributed by atoms with van der Waals surface area (Å²) < 4.78 is 15.5. The Hall–Kier alpha value is -3.67. The van der Waals surface area contributed by atoms with Crippen LogP contribution in [0.3, 0.4) is 0 Å². The van der Waals surface area contributed by atoms with Crippen LogP contribution in [0.4, 0.5) is 25.5 Å². The number of amides is 2. The van der Waals surface area contributed by atoms with Crippen molar-refractivity contribution in [3.63, 3.8) is 0 Å². The van der Waals surface area contributed by atoms with E-state index in [2.05, 4.69) is 15.3 Å². The first-order chi connectivity index (χ1) is 15.5. The molecule has 1 aromatic carbocycles. The fourth-order valence-electron chi connectivity index (χ4n) is 4.48. The second-order valence-corrected chi connectivity index (χ2v) is 8.68. The summed E-state index contributed by atoms with van der Waals surface area (Å²) in [6.07, 6.45) is -2.64. The van der Waals surface area contributed by atoms with Gasteiger partial charge in [0, 0.05) is 31.7 Å². The lowest BCUT2D eigenvalue weighted by Crippen LogP contribution is -2.45. The Morgan fingerprint density at radius 2 is 1.76 bits per heavy atom. The second-order valence-electron chi connectivity index (χ2n) is 8.68. The molecule has 0 atom stereocenters. The maximum atomic E-state index is 14.8. The summed E-state index contributed by atoms with van der Waals surface area (Å²) in [6.45, 7) is 5.51. The average Bonchev–Trinajstić information content (AvgIpc) is 3.24. The Balaban J connectivity index is 1.71. The molecule has 33 heavy (non-hydrogen) atoms. The molecule has 0 bridgehead atoms. The Bertz CT molecular complexity index is 1140. The maximum absolute atomic E-state index is 14.8. The maximum Gasteiger partial charge on any atom is 0.432 e. The fraction of sp³-hybridized carbons (Fsp3) is 0.429. The van der Waals surface area contributed by atoms with Crippen LogP contribution in [-0.4, -0.2) is 81.1 Å². The largest absolute Gasteiger partial charge is 0.465 e.